The van der Waals surface area contributed by atoms with Gasteiger partial charge in [-0.05, 0) is 41.5 Å². The molecule has 2 amide bonds. The van der Waals surface area contributed by atoms with Crippen molar-refractivity contribution in [2.45, 2.75) is 52.7 Å². The third-order valence-electron chi connectivity index (χ3n) is 2.38. The van der Waals surface area contributed by atoms with Crippen molar-refractivity contribution in [3.63, 3.8) is 0 Å². The highest BCUT2D eigenvalue weighted by molar-refractivity contribution is 5.91. The number of hydrogen-bond donors (Lipinski definition) is 2. The van der Waals surface area contributed by atoms with Crippen LogP contribution in [-0.4, -0.2) is 61.6 Å². The van der Waals surface area contributed by atoms with Gasteiger partial charge in [0.25, 0.3) is 0 Å². The van der Waals surface area contributed by atoms with Crippen molar-refractivity contribution in [3.05, 3.63) is 12.2 Å². The van der Waals surface area contributed by atoms with Gasteiger partial charge in [-0.3, -0.25) is 0 Å². The monoisotopic (exact) mass is 402 g/mol. The summed E-state index contributed by atoms with van der Waals surface area (Å²) in [6.07, 6.45) is 0.555. The molecule has 0 atom stereocenters. The van der Waals surface area contributed by atoms with Crippen molar-refractivity contribution < 1.29 is 38.1 Å². The summed E-state index contributed by atoms with van der Waals surface area (Å²) in [4.78, 5) is 45.6. The van der Waals surface area contributed by atoms with Gasteiger partial charge in [-0.2, -0.15) is 0 Å². The fourth-order valence-corrected chi connectivity index (χ4v) is 1.47. The number of carbonyl (C=O) groups is 4. The highest BCUT2D eigenvalue weighted by Gasteiger charge is 2.16. The Bertz CT molecular complexity index is 523. The minimum absolute atomic E-state index is 0.0648. The smallest absolute Gasteiger partial charge is 0.407 e. The maximum absolute atomic E-state index is 11.4. The summed E-state index contributed by atoms with van der Waals surface area (Å²) in [5.41, 5.74) is -1.24. The molecule has 0 saturated carbocycles. The van der Waals surface area contributed by atoms with Crippen LogP contribution >= 0.6 is 0 Å². The fraction of sp³-hybridized carbons (Fsp3) is 0.667. The molecule has 0 unspecified atom stereocenters. The van der Waals surface area contributed by atoms with Crippen molar-refractivity contribution in [2.24, 2.45) is 0 Å². The van der Waals surface area contributed by atoms with E-state index in [9.17, 15) is 19.2 Å². The first-order valence-corrected chi connectivity index (χ1v) is 8.74. The quantitative estimate of drug-likeness (QED) is 0.271. The fourth-order valence-electron chi connectivity index (χ4n) is 1.47. The molecule has 0 fully saturated rings. The van der Waals surface area contributed by atoms with Crippen LogP contribution in [0.15, 0.2) is 12.2 Å². The minimum atomic E-state index is -0.769. The lowest BCUT2D eigenvalue weighted by Gasteiger charge is -2.19. The molecule has 0 aromatic heterocycles. The van der Waals surface area contributed by atoms with Crippen LogP contribution in [0.2, 0.25) is 0 Å². The molecule has 0 aromatic carbocycles. The largest absolute Gasteiger partial charge is 0.461 e. The van der Waals surface area contributed by atoms with E-state index in [1.54, 1.807) is 41.5 Å². The van der Waals surface area contributed by atoms with E-state index in [1.807, 2.05) is 0 Å². The van der Waals surface area contributed by atoms with Gasteiger partial charge in [0.1, 0.15) is 24.4 Å². The number of hydrogen-bond acceptors (Lipinski definition) is 8. The second-order valence-corrected chi connectivity index (χ2v) is 7.53. The van der Waals surface area contributed by atoms with Gasteiger partial charge in [-0.25, -0.2) is 19.2 Å². The molecular formula is C18H30N2O8. The summed E-state index contributed by atoms with van der Waals surface area (Å²) in [6, 6.07) is 0. The summed E-state index contributed by atoms with van der Waals surface area (Å²) >= 11 is 0. The number of amides is 2. The van der Waals surface area contributed by atoms with Gasteiger partial charge >= 0.3 is 24.1 Å². The summed E-state index contributed by atoms with van der Waals surface area (Å²) in [5.74, 6) is -1.54. The number of rotatable bonds is 8. The molecule has 0 radical (unpaired) electrons. The van der Waals surface area contributed by atoms with Crippen LogP contribution in [0.25, 0.3) is 0 Å². The molecule has 0 saturated heterocycles. The molecule has 0 aliphatic heterocycles. The molecule has 0 rings (SSSR count). The Hall–Kier alpha value is -2.78. The molecule has 10 nitrogen and oxygen atoms in total. The zero-order valence-electron chi connectivity index (χ0n) is 17.2. The van der Waals surface area contributed by atoms with Crippen LogP contribution in [0.3, 0.4) is 0 Å². The molecule has 2 N–H and O–H groups in total. The van der Waals surface area contributed by atoms with Crippen molar-refractivity contribution in [3.8, 4) is 0 Å². The van der Waals surface area contributed by atoms with Gasteiger partial charge < -0.3 is 29.6 Å². The highest BCUT2D eigenvalue weighted by Crippen LogP contribution is 2.06. The minimum Gasteiger partial charge on any atom is -0.461 e. The number of carbonyl (C=O) groups excluding carboxylic acids is 4. The normalized spacial score (nSPS) is 11.5. The second-order valence-electron chi connectivity index (χ2n) is 7.53. The molecule has 28 heavy (non-hydrogen) atoms. The van der Waals surface area contributed by atoms with Crippen molar-refractivity contribution in [1.82, 2.24) is 10.6 Å². The number of alkyl carbamates (subject to hydrolysis) is 2. The lowest BCUT2D eigenvalue weighted by Crippen LogP contribution is -2.34. The average molecular weight is 402 g/mol. The lowest BCUT2D eigenvalue weighted by atomic mass is 10.2. The summed E-state index contributed by atoms with van der Waals surface area (Å²) in [6.45, 7) is 10.3. The summed E-state index contributed by atoms with van der Waals surface area (Å²) in [7, 11) is 0. The van der Waals surface area contributed by atoms with E-state index in [4.69, 9.17) is 18.9 Å². The van der Waals surface area contributed by atoms with Crippen LogP contribution < -0.4 is 10.6 Å². The van der Waals surface area contributed by atoms with Crippen molar-refractivity contribution >= 4 is 24.1 Å². The van der Waals surface area contributed by atoms with Gasteiger partial charge in [-0.1, -0.05) is 0 Å². The SMILES string of the molecule is CC(C)(C)OC(=O)NCCOC(=O)/C=C/C(=O)OCCNC(=O)OC(C)(C)C. The Morgan fingerprint density at radius 3 is 1.29 bits per heavy atom. The maximum Gasteiger partial charge on any atom is 0.407 e. The molecule has 0 bridgehead atoms. The van der Waals surface area contributed by atoms with E-state index in [0.717, 1.165) is 12.2 Å². The van der Waals surface area contributed by atoms with Crippen LogP contribution in [0.5, 0.6) is 0 Å². The average Bonchev–Trinajstić information content (AvgIpc) is 2.50. The zero-order chi connectivity index (χ0) is 21.8. The highest BCUT2D eigenvalue weighted by atomic mass is 16.6. The van der Waals surface area contributed by atoms with Crippen LogP contribution in [-0.2, 0) is 28.5 Å². The summed E-state index contributed by atoms with van der Waals surface area (Å²) in [5, 5.41) is 4.84. The van der Waals surface area contributed by atoms with Crippen LogP contribution in [0.1, 0.15) is 41.5 Å². The predicted molar refractivity (Wildman–Crippen MR) is 99.5 cm³/mol. The van der Waals surface area contributed by atoms with Gasteiger partial charge in [0.15, 0.2) is 0 Å². The first kappa shape index (κ1) is 25.2. The Kier molecular flexibility index (Phi) is 10.7. The standard InChI is InChI=1S/C18H30N2O8/c1-17(2,3)27-15(23)19-9-11-25-13(21)7-8-14(22)26-12-10-20-16(24)28-18(4,5)6/h7-8H,9-12H2,1-6H3,(H,19,23)(H,20,24)/b8-7+. The molecule has 0 heterocycles. The third kappa shape index (κ3) is 16.7. The van der Waals surface area contributed by atoms with Gasteiger partial charge in [0.2, 0.25) is 0 Å². The number of nitrogens with one attached hydrogen (secondary N) is 2. The predicted octanol–water partition coefficient (Wildman–Crippen LogP) is 1.68. The molecule has 160 valence electrons. The van der Waals surface area contributed by atoms with E-state index < -0.39 is 35.3 Å². The zero-order valence-corrected chi connectivity index (χ0v) is 17.2. The third-order valence-corrected chi connectivity index (χ3v) is 2.38. The Morgan fingerprint density at radius 2 is 1.00 bits per heavy atom. The van der Waals surface area contributed by atoms with E-state index >= 15 is 0 Å². The van der Waals surface area contributed by atoms with Gasteiger partial charge in [0, 0.05) is 12.2 Å². The molecule has 0 spiro atoms. The Balaban J connectivity index is 3.86. The van der Waals surface area contributed by atoms with E-state index in [1.165, 1.54) is 0 Å². The summed E-state index contributed by atoms with van der Waals surface area (Å²) < 4.78 is 19.6. The van der Waals surface area contributed by atoms with E-state index in [0.29, 0.717) is 0 Å². The van der Waals surface area contributed by atoms with E-state index in [-0.39, 0.29) is 26.3 Å². The lowest BCUT2D eigenvalue weighted by molar-refractivity contribution is -0.140. The van der Waals surface area contributed by atoms with Crippen LogP contribution in [0, 0.1) is 0 Å². The Morgan fingerprint density at radius 1 is 0.679 bits per heavy atom. The van der Waals surface area contributed by atoms with Gasteiger partial charge in [0.05, 0.1) is 13.1 Å². The molecule has 0 aromatic rings. The van der Waals surface area contributed by atoms with Crippen LogP contribution in [0.4, 0.5) is 9.59 Å². The topological polar surface area (TPSA) is 129 Å². The molecular weight excluding hydrogens is 372 g/mol. The maximum atomic E-state index is 11.4. The molecule has 10 heteroatoms. The van der Waals surface area contributed by atoms with Crippen molar-refractivity contribution in [1.29, 1.82) is 0 Å². The van der Waals surface area contributed by atoms with E-state index in [2.05, 4.69) is 10.6 Å². The van der Waals surface area contributed by atoms with Gasteiger partial charge in [-0.15, -0.1) is 0 Å². The number of ether oxygens (including phenoxy) is 4. The second kappa shape index (κ2) is 11.8. The molecule has 0 aliphatic carbocycles. The number of esters is 2. The Labute approximate surface area is 164 Å². The molecule has 0 aliphatic rings. The first-order valence-electron chi connectivity index (χ1n) is 8.74. The first-order chi connectivity index (χ1) is 12.8. The van der Waals surface area contributed by atoms with Crippen molar-refractivity contribution in [2.75, 3.05) is 26.3 Å².